The second-order valence-corrected chi connectivity index (χ2v) is 5.10. The minimum Gasteiger partial charge on any atom is -0.301 e. The summed E-state index contributed by atoms with van der Waals surface area (Å²) in [5.74, 6) is 0. The van der Waals surface area contributed by atoms with Gasteiger partial charge >= 0.3 is 0 Å². The summed E-state index contributed by atoms with van der Waals surface area (Å²) in [7, 11) is 0. The monoisotopic (exact) mass is 226 g/mol. The van der Waals surface area contributed by atoms with Gasteiger partial charge < -0.3 is 9.80 Å². The van der Waals surface area contributed by atoms with E-state index in [1.165, 1.54) is 51.9 Å². The van der Waals surface area contributed by atoms with Gasteiger partial charge in [-0.25, -0.2) is 0 Å². The number of rotatable bonds is 2. The quantitative estimate of drug-likeness (QED) is 0.714. The second-order valence-electron chi connectivity index (χ2n) is 5.10. The molecule has 2 fully saturated rings. The Labute approximate surface area is 102 Å². The van der Waals surface area contributed by atoms with Crippen LogP contribution >= 0.6 is 0 Å². The molecule has 0 spiro atoms. The molecule has 0 aromatic carbocycles. The number of hydrogen-bond donors (Lipinski definition) is 0. The maximum atomic E-state index is 2.72. The van der Waals surface area contributed by atoms with Crippen molar-refractivity contribution in [1.29, 1.82) is 0 Å². The van der Waals surface area contributed by atoms with Crippen LogP contribution in [0.3, 0.4) is 0 Å². The predicted molar refractivity (Wildman–Crippen MR) is 71.9 cm³/mol. The highest BCUT2D eigenvalue weighted by molar-refractivity contribution is 4.83. The molecule has 2 heteroatoms. The summed E-state index contributed by atoms with van der Waals surface area (Å²) in [6.07, 6.45) is 5.67. The van der Waals surface area contributed by atoms with E-state index in [1.807, 2.05) is 13.8 Å². The molecule has 2 aliphatic heterocycles. The van der Waals surface area contributed by atoms with Gasteiger partial charge in [0.25, 0.3) is 0 Å². The first-order valence-corrected chi connectivity index (χ1v) is 7.25. The zero-order chi connectivity index (χ0) is 12.0. The van der Waals surface area contributed by atoms with E-state index < -0.39 is 0 Å². The van der Waals surface area contributed by atoms with Gasteiger partial charge in [0.2, 0.25) is 0 Å². The smallest absolute Gasteiger partial charge is 0.0120 e. The van der Waals surface area contributed by atoms with Crippen LogP contribution < -0.4 is 0 Å². The average Bonchev–Trinajstić information content (AvgIpc) is 2.85. The van der Waals surface area contributed by atoms with Crippen molar-refractivity contribution in [1.82, 2.24) is 9.80 Å². The Hall–Kier alpha value is -0.0800. The Balaban J connectivity index is 0.000000606. The maximum absolute atomic E-state index is 2.72. The zero-order valence-corrected chi connectivity index (χ0v) is 11.7. The lowest BCUT2D eigenvalue weighted by Crippen LogP contribution is -2.45. The van der Waals surface area contributed by atoms with Crippen molar-refractivity contribution >= 4 is 0 Å². The van der Waals surface area contributed by atoms with Gasteiger partial charge in [-0.15, -0.1) is 0 Å². The molecule has 96 valence electrons. The molecule has 2 aliphatic rings. The summed E-state index contributed by atoms with van der Waals surface area (Å²) in [6, 6.07) is 1.65. The third-order valence-corrected chi connectivity index (χ3v) is 3.89. The normalized spacial score (nSPS) is 24.6. The van der Waals surface area contributed by atoms with Gasteiger partial charge in [0.15, 0.2) is 0 Å². The maximum Gasteiger partial charge on any atom is 0.0120 e. The van der Waals surface area contributed by atoms with E-state index in [2.05, 4.69) is 23.6 Å². The van der Waals surface area contributed by atoms with Crippen LogP contribution in [-0.2, 0) is 0 Å². The first-order valence-electron chi connectivity index (χ1n) is 7.25. The molecule has 0 bridgehead atoms. The molecule has 0 atom stereocenters. The van der Waals surface area contributed by atoms with Crippen molar-refractivity contribution in [3.05, 3.63) is 0 Å². The highest BCUT2D eigenvalue weighted by Crippen LogP contribution is 2.21. The number of nitrogens with zero attached hydrogens (tertiary/aromatic N) is 2. The van der Waals surface area contributed by atoms with Crippen LogP contribution in [0.5, 0.6) is 0 Å². The van der Waals surface area contributed by atoms with E-state index in [9.17, 15) is 0 Å². The first-order chi connectivity index (χ1) is 7.77. The van der Waals surface area contributed by atoms with Crippen molar-refractivity contribution < 1.29 is 0 Å². The fourth-order valence-corrected chi connectivity index (χ4v) is 2.87. The van der Waals surface area contributed by atoms with Gasteiger partial charge in [-0.3, -0.25) is 0 Å². The van der Waals surface area contributed by atoms with E-state index in [4.69, 9.17) is 0 Å². The number of likely N-dealkylation sites (tertiary alicyclic amines) is 2. The number of piperidine rings is 1. The molecule has 2 nitrogen and oxygen atoms in total. The third-order valence-electron chi connectivity index (χ3n) is 3.89. The van der Waals surface area contributed by atoms with Gasteiger partial charge in [-0.05, 0) is 65.7 Å². The first kappa shape index (κ1) is 14.0. The lowest BCUT2D eigenvalue weighted by molar-refractivity contribution is 0.107. The summed E-state index contributed by atoms with van der Waals surface area (Å²) >= 11 is 0. The molecular weight excluding hydrogens is 196 g/mol. The molecule has 2 heterocycles. The molecule has 0 N–H and O–H groups in total. The van der Waals surface area contributed by atoms with Crippen LogP contribution in [0.4, 0.5) is 0 Å². The van der Waals surface area contributed by atoms with E-state index in [0.29, 0.717) is 0 Å². The van der Waals surface area contributed by atoms with Crippen molar-refractivity contribution in [2.45, 2.75) is 65.5 Å². The Morgan fingerprint density at radius 3 is 1.81 bits per heavy atom. The number of hydrogen-bond acceptors (Lipinski definition) is 2. The van der Waals surface area contributed by atoms with Gasteiger partial charge in [0.05, 0.1) is 0 Å². The lowest BCUT2D eigenvalue weighted by Gasteiger charge is -2.38. The SMILES string of the molecule is CC.CC(C)N1CCC(N2CCCC2)CC1. The molecule has 0 unspecified atom stereocenters. The molecule has 0 aliphatic carbocycles. The molecule has 0 aromatic rings. The van der Waals surface area contributed by atoms with Crippen molar-refractivity contribution in [3.63, 3.8) is 0 Å². The molecule has 2 rings (SSSR count). The molecule has 0 radical (unpaired) electrons. The molecule has 2 saturated heterocycles. The highest BCUT2D eigenvalue weighted by atomic mass is 15.2. The minimum atomic E-state index is 0.745. The predicted octanol–water partition coefficient (Wildman–Crippen LogP) is 2.98. The Morgan fingerprint density at radius 2 is 1.38 bits per heavy atom. The van der Waals surface area contributed by atoms with Crippen LogP contribution in [-0.4, -0.2) is 48.1 Å². The van der Waals surface area contributed by atoms with Crippen molar-refractivity contribution in [2.24, 2.45) is 0 Å². The largest absolute Gasteiger partial charge is 0.301 e. The molecule has 0 amide bonds. The van der Waals surface area contributed by atoms with Gasteiger partial charge in [0.1, 0.15) is 0 Å². The summed E-state index contributed by atoms with van der Waals surface area (Å²) in [5, 5.41) is 0. The minimum absolute atomic E-state index is 0.745. The van der Waals surface area contributed by atoms with Crippen LogP contribution in [0.15, 0.2) is 0 Å². The molecular formula is C14H30N2. The van der Waals surface area contributed by atoms with Gasteiger partial charge in [0, 0.05) is 12.1 Å². The van der Waals surface area contributed by atoms with Crippen molar-refractivity contribution in [2.75, 3.05) is 26.2 Å². The van der Waals surface area contributed by atoms with E-state index in [1.54, 1.807) is 0 Å². The summed E-state index contributed by atoms with van der Waals surface area (Å²) < 4.78 is 0. The molecule has 0 saturated carbocycles. The summed E-state index contributed by atoms with van der Waals surface area (Å²) in [4.78, 5) is 5.34. The Kier molecular flexibility index (Phi) is 6.37. The van der Waals surface area contributed by atoms with Crippen molar-refractivity contribution in [3.8, 4) is 0 Å². The Bertz CT molecular complexity index is 166. The summed E-state index contributed by atoms with van der Waals surface area (Å²) in [6.45, 7) is 14.0. The van der Waals surface area contributed by atoms with Crippen LogP contribution in [0.2, 0.25) is 0 Å². The fraction of sp³-hybridized carbons (Fsp3) is 1.00. The second kappa shape index (κ2) is 7.29. The lowest BCUT2D eigenvalue weighted by atomic mass is 10.0. The van der Waals surface area contributed by atoms with Crippen LogP contribution in [0, 0.1) is 0 Å². The van der Waals surface area contributed by atoms with E-state index in [0.717, 1.165) is 12.1 Å². The van der Waals surface area contributed by atoms with E-state index >= 15 is 0 Å². The van der Waals surface area contributed by atoms with Gasteiger partial charge in [-0.1, -0.05) is 13.8 Å². The fourth-order valence-electron chi connectivity index (χ4n) is 2.87. The zero-order valence-electron chi connectivity index (χ0n) is 11.7. The van der Waals surface area contributed by atoms with Crippen LogP contribution in [0.25, 0.3) is 0 Å². The Morgan fingerprint density at radius 1 is 0.875 bits per heavy atom. The average molecular weight is 226 g/mol. The van der Waals surface area contributed by atoms with Gasteiger partial charge in [-0.2, -0.15) is 0 Å². The molecule has 0 aromatic heterocycles. The highest BCUT2D eigenvalue weighted by Gasteiger charge is 2.26. The van der Waals surface area contributed by atoms with E-state index in [-0.39, 0.29) is 0 Å². The molecule has 16 heavy (non-hydrogen) atoms. The van der Waals surface area contributed by atoms with Crippen LogP contribution in [0.1, 0.15) is 53.4 Å². The standard InChI is InChI=1S/C12H24N2.C2H6/c1-11(2)13-9-5-12(6-10-13)14-7-3-4-8-14;1-2/h11-12H,3-10H2,1-2H3;1-2H3. The third kappa shape index (κ3) is 3.74. The summed E-state index contributed by atoms with van der Waals surface area (Å²) in [5.41, 5.74) is 0. The topological polar surface area (TPSA) is 6.48 Å².